The van der Waals surface area contributed by atoms with Gasteiger partial charge in [0.1, 0.15) is 5.82 Å². The molecule has 21 heavy (non-hydrogen) atoms. The van der Waals surface area contributed by atoms with Crippen LogP contribution in [0.3, 0.4) is 0 Å². The molecule has 0 radical (unpaired) electrons. The number of nitrogens with zero attached hydrogens (tertiary/aromatic N) is 4. The third-order valence-corrected chi connectivity index (χ3v) is 3.27. The van der Waals surface area contributed by atoms with Crippen LogP contribution in [-0.2, 0) is 0 Å². The quantitative estimate of drug-likeness (QED) is 0.867. The van der Waals surface area contributed by atoms with Crippen molar-refractivity contribution in [2.75, 3.05) is 7.05 Å². The summed E-state index contributed by atoms with van der Waals surface area (Å²) in [6, 6.07) is 9.28. The number of halogens is 1. The molecular formula is C15H15FN4O. The standard InChI is InChI=1S/C15H15FN4O/c1-11(7-9-17)19(2)15(21)14-8-10-20(18-14)13-5-3-12(16)4-6-13/h3-6,8,10-11H,7H2,1-2H3. The largest absolute Gasteiger partial charge is 0.337 e. The molecular weight excluding hydrogens is 271 g/mol. The molecule has 0 aliphatic carbocycles. The number of carbonyl (C=O) groups excluding carboxylic acids is 1. The predicted molar refractivity (Wildman–Crippen MR) is 75.3 cm³/mol. The van der Waals surface area contributed by atoms with E-state index < -0.39 is 0 Å². The minimum absolute atomic E-state index is 0.182. The first-order valence-electron chi connectivity index (χ1n) is 6.48. The van der Waals surface area contributed by atoms with Gasteiger partial charge in [0.25, 0.3) is 5.91 Å². The highest BCUT2D eigenvalue weighted by molar-refractivity contribution is 5.92. The topological polar surface area (TPSA) is 61.9 Å². The monoisotopic (exact) mass is 286 g/mol. The first kappa shape index (κ1) is 14.7. The lowest BCUT2D eigenvalue weighted by Gasteiger charge is -2.21. The molecule has 0 aliphatic rings. The van der Waals surface area contributed by atoms with Gasteiger partial charge in [-0.1, -0.05) is 0 Å². The van der Waals surface area contributed by atoms with Gasteiger partial charge in [0.05, 0.1) is 18.2 Å². The van der Waals surface area contributed by atoms with Gasteiger partial charge in [0, 0.05) is 19.3 Å². The fraction of sp³-hybridized carbons (Fsp3) is 0.267. The normalized spacial score (nSPS) is 11.7. The van der Waals surface area contributed by atoms with E-state index in [-0.39, 0.29) is 29.9 Å². The van der Waals surface area contributed by atoms with Gasteiger partial charge in [0.15, 0.2) is 5.69 Å². The maximum atomic E-state index is 12.9. The second-order valence-corrected chi connectivity index (χ2v) is 4.75. The third-order valence-electron chi connectivity index (χ3n) is 3.27. The SMILES string of the molecule is CC(CC#N)N(C)C(=O)c1ccn(-c2ccc(F)cc2)n1. The van der Waals surface area contributed by atoms with Crippen LogP contribution in [0.1, 0.15) is 23.8 Å². The zero-order valence-corrected chi connectivity index (χ0v) is 11.8. The Bertz CT molecular complexity index is 672. The molecule has 1 atom stereocenters. The average molecular weight is 286 g/mol. The van der Waals surface area contributed by atoms with Crippen molar-refractivity contribution < 1.29 is 9.18 Å². The summed E-state index contributed by atoms with van der Waals surface area (Å²) < 4.78 is 14.4. The molecule has 6 heteroatoms. The van der Waals surface area contributed by atoms with Crippen LogP contribution in [0.25, 0.3) is 5.69 Å². The van der Waals surface area contributed by atoms with Crippen molar-refractivity contribution in [3.63, 3.8) is 0 Å². The van der Waals surface area contributed by atoms with Gasteiger partial charge in [-0.3, -0.25) is 4.79 Å². The van der Waals surface area contributed by atoms with Crippen LogP contribution in [0.2, 0.25) is 0 Å². The van der Waals surface area contributed by atoms with Crippen LogP contribution in [0.4, 0.5) is 4.39 Å². The van der Waals surface area contributed by atoms with Crippen LogP contribution in [0.5, 0.6) is 0 Å². The summed E-state index contributed by atoms with van der Waals surface area (Å²) >= 11 is 0. The highest BCUT2D eigenvalue weighted by Crippen LogP contribution is 2.11. The van der Waals surface area contributed by atoms with Crippen LogP contribution >= 0.6 is 0 Å². The van der Waals surface area contributed by atoms with E-state index >= 15 is 0 Å². The Labute approximate surface area is 122 Å². The summed E-state index contributed by atoms with van der Waals surface area (Å²) in [5.74, 6) is -0.578. The van der Waals surface area contributed by atoms with Crippen LogP contribution in [0.15, 0.2) is 36.5 Å². The molecule has 0 saturated heterocycles. The van der Waals surface area contributed by atoms with E-state index in [1.807, 2.05) is 6.07 Å². The summed E-state index contributed by atoms with van der Waals surface area (Å²) in [7, 11) is 1.64. The Morgan fingerprint density at radius 1 is 1.43 bits per heavy atom. The minimum Gasteiger partial charge on any atom is -0.337 e. The molecule has 108 valence electrons. The van der Waals surface area contributed by atoms with Gasteiger partial charge in [-0.15, -0.1) is 0 Å². The van der Waals surface area contributed by atoms with Crippen molar-refractivity contribution in [1.82, 2.24) is 14.7 Å². The van der Waals surface area contributed by atoms with Crippen molar-refractivity contribution >= 4 is 5.91 Å². The Morgan fingerprint density at radius 3 is 2.71 bits per heavy atom. The fourth-order valence-electron chi connectivity index (χ4n) is 1.83. The van der Waals surface area contributed by atoms with Crippen molar-refractivity contribution in [3.8, 4) is 11.8 Å². The summed E-state index contributed by atoms with van der Waals surface area (Å²) in [5.41, 5.74) is 0.954. The first-order chi connectivity index (χ1) is 10.0. The van der Waals surface area contributed by atoms with E-state index in [0.717, 1.165) is 0 Å². The fourth-order valence-corrected chi connectivity index (χ4v) is 1.83. The summed E-state index contributed by atoms with van der Waals surface area (Å²) in [6.45, 7) is 1.80. The number of amides is 1. The Morgan fingerprint density at radius 2 is 2.10 bits per heavy atom. The zero-order chi connectivity index (χ0) is 15.4. The second-order valence-electron chi connectivity index (χ2n) is 4.75. The minimum atomic E-state index is -0.327. The number of nitriles is 1. The molecule has 5 nitrogen and oxygen atoms in total. The van der Waals surface area contributed by atoms with E-state index in [1.165, 1.54) is 21.7 Å². The smallest absolute Gasteiger partial charge is 0.274 e. The van der Waals surface area contributed by atoms with Gasteiger partial charge >= 0.3 is 0 Å². The van der Waals surface area contributed by atoms with E-state index in [2.05, 4.69) is 5.10 Å². The molecule has 2 rings (SSSR count). The molecule has 0 N–H and O–H groups in total. The lowest BCUT2D eigenvalue weighted by atomic mass is 10.2. The van der Waals surface area contributed by atoms with Crippen LogP contribution in [0, 0.1) is 17.1 Å². The molecule has 0 fully saturated rings. The molecule has 1 unspecified atom stereocenters. The molecule has 1 aromatic carbocycles. The summed E-state index contributed by atoms with van der Waals surface area (Å²) in [5, 5.41) is 12.9. The number of carbonyl (C=O) groups is 1. The lowest BCUT2D eigenvalue weighted by molar-refractivity contribution is 0.0740. The molecule has 0 aliphatic heterocycles. The summed E-state index contributed by atoms with van der Waals surface area (Å²) in [4.78, 5) is 13.7. The third kappa shape index (κ3) is 3.26. The van der Waals surface area contributed by atoms with Crippen molar-refractivity contribution in [3.05, 3.63) is 48.0 Å². The summed E-state index contributed by atoms with van der Waals surface area (Å²) in [6.07, 6.45) is 1.91. The second kappa shape index (κ2) is 6.18. The number of benzene rings is 1. The predicted octanol–water partition coefficient (Wildman–Crippen LogP) is 2.39. The van der Waals surface area contributed by atoms with E-state index in [9.17, 15) is 9.18 Å². The average Bonchev–Trinajstić information content (AvgIpc) is 2.96. The number of hydrogen-bond acceptors (Lipinski definition) is 3. The molecule has 2 aromatic rings. The van der Waals surface area contributed by atoms with E-state index in [0.29, 0.717) is 5.69 Å². The molecule has 1 heterocycles. The van der Waals surface area contributed by atoms with Gasteiger partial charge in [-0.25, -0.2) is 9.07 Å². The Hall–Kier alpha value is -2.68. The van der Waals surface area contributed by atoms with Gasteiger partial charge in [-0.05, 0) is 37.3 Å². The number of hydrogen-bond donors (Lipinski definition) is 0. The van der Waals surface area contributed by atoms with E-state index in [1.54, 1.807) is 38.4 Å². The molecule has 1 aromatic heterocycles. The molecule has 0 saturated carbocycles. The van der Waals surface area contributed by atoms with Crippen LogP contribution in [-0.4, -0.2) is 33.7 Å². The molecule has 0 spiro atoms. The zero-order valence-electron chi connectivity index (χ0n) is 11.8. The lowest BCUT2D eigenvalue weighted by Crippen LogP contribution is -2.35. The number of aromatic nitrogens is 2. The van der Waals surface area contributed by atoms with Gasteiger partial charge < -0.3 is 4.90 Å². The Balaban J connectivity index is 2.18. The van der Waals surface area contributed by atoms with Gasteiger partial charge in [-0.2, -0.15) is 10.4 Å². The molecule has 1 amide bonds. The Kier molecular flexibility index (Phi) is 4.33. The van der Waals surface area contributed by atoms with Crippen molar-refractivity contribution in [2.45, 2.75) is 19.4 Å². The van der Waals surface area contributed by atoms with Crippen molar-refractivity contribution in [2.24, 2.45) is 0 Å². The van der Waals surface area contributed by atoms with Crippen molar-refractivity contribution in [1.29, 1.82) is 5.26 Å². The van der Waals surface area contributed by atoms with E-state index in [4.69, 9.17) is 5.26 Å². The first-order valence-corrected chi connectivity index (χ1v) is 6.48. The highest BCUT2D eigenvalue weighted by atomic mass is 19.1. The number of rotatable bonds is 4. The maximum absolute atomic E-state index is 12.9. The highest BCUT2D eigenvalue weighted by Gasteiger charge is 2.19. The van der Waals surface area contributed by atoms with Crippen LogP contribution < -0.4 is 0 Å². The molecule has 0 bridgehead atoms. The van der Waals surface area contributed by atoms with Gasteiger partial charge in [0.2, 0.25) is 0 Å². The maximum Gasteiger partial charge on any atom is 0.274 e.